The van der Waals surface area contributed by atoms with Gasteiger partial charge in [-0.25, -0.2) is 4.39 Å². The fourth-order valence-electron chi connectivity index (χ4n) is 6.19. The number of ether oxygens (including phenoxy) is 2. The Morgan fingerprint density at radius 1 is 1.04 bits per heavy atom. The van der Waals surface area contributed by atoms with E-state index in [0.717, 1.165) is 23.8 Å². The number of thioether (sulfide) groups is 1. The van der Waals surface area contributed by atoms with Gasteiger partial charge in [0.15, 0.2) is 0 Å². The van der Waals surface area contributed by atoms with E-state index in [4.69, 9.17) is 4.74 Å². The molecule has 1 N–H and O–H groups in total. The predicted molar refractivity (Wildman–Crippen MR) is 175 cm³/mol. The number of benzene rings is 3. The number of carbonyl (C=O) groups excluding carboxylic acids is 1. The second-order valence-corrected chi connectivity index (χ2v) is 12.4. The van der Waals surface area contributed by atoms with Crippen LogP contribution in [0.1, 0.15) is 59.7 Å². The number of pyridine rings is 1. The number of rotatable bonds is 13. The van der Waals surface area contributed by atoms with Crippen LogP contribution in [0.3, 0.4) is 0 Å². The van der Waals surface area contributed by atoms with Crippen LogP contribution >= 0.6 is 11.8 Å². The Morgan fingerprint density at radius 3 is 2.47 bits per heavy atom. The number of fused-ring (bicyclic) bond motifs is 1. The molecule has 0 saturated heterocycles. The summed E-state index contributed by atoms with van der Waals surface area (Å²) >= 11 is 1.28. The fraction of sp³-hybridized carbons (Fsp3) is 0.333. The number of halogens is 6. The standard InChI is InChI=1S/C36H34F6N2O4S/c1-3-47-30(45)16-9-17-43-32(22-10-5-4-6-11-22)29-20-49-34-25(19-26-27(36(40,41)42)14-8-15-28(26)37)21(2)31(33(46)44(29)34)23-12-7-13-24(18-23)48-35(38)39/h4-8,10-15,18,29,32,35,43H,3,9,16-17,19-20H2,1-2H3. The molecule has 49 heavy (non-hydrogen) atoms. The van der Waals surface area contributed by atoms with Crippen LogP contribution in [0, 0.1) is 12.7 Å². The SMILES string of the molecule is CCOC(=O)CCCNC(c1ccccc1)C1CSc2c(Cc3c(F)cccc3C(F)(F)F)c(C)c(-c3cccc(OC(F)F)c3)c(=O)n21. The number of esters is 1. The monoisotopic (exact) mass is 704 g/mol. The largest absolute Gasteiger partial charge is 0.466 e. The van der Waals surface area contributed by atoms with Crippen molar-refractivity contribution in [1.29, 1.82) is 0 Å². The van der Waals surface area contributed by atoms with E-state index in [0.29, 0.717) is 34.9 Å². The maximum atomic E-state index is 15.2. The van der Waals surface area contributed by atoms with Gasteiger partial charge in [-0.2, -0.15) is 22.0 Å². The van der Waals surface area contributed by atoms with E-state index >= 15 is 4.39 Å². The zero-order chi connectivity index (χ0) is 35.3. The topological polar surface area (TPSA) is 69.6 Å². The summed E-state index contributed by atoms with van der Waals surface area (Å²) in [7, 11) is 0. The Hall–Kier alpha value is -4.23. The van der Waals surface area contributed by atoms with Crippen molar-refractivity contribution in [3.05, 3.63) is 117 Å². The third-order valence-corrected chi connectivity index (χ3v) is 9.58. The molecule has 2 atom stereocenters. The molecule has 1 aromatic heterocycles. The summed E-state index contributed by atoms with van der Waals surface area (Å²) in [5.74, 6) is -1.25. The smallest absolute Gasteiger partial charge is 0.416 e. The van der Waals surface area contributed by atoms with Gasteiger partial charge >= 0.3 is 18.8 Å². The first-order chi connectivity index (χ1) is 23.4. The lowest BCUT2D eigenvalue weighted by molar-refractivity contribution is -0.143. The molecule has 3 aromatic carbocycles. The number of nitrogens with zero attached hydrogens (tertiary/aromatic N) is 1. The predicted octanol–water partition coefficient (Wildman–Crippen LogP) is 8.49. The molecule has 1 aliphatic rings. The first kappa shape index (κ1) is 36.1. The van der Waals surface area contributed by atoms with E-state index in [1.54, 1.807) is 13.8 Å². The van der Waals surface area contributed by atoms with Crippen molar-refractivity contribution in [1.82, 2.24) is 9.88 Å². The van der Waals surface area contributed by atoms with E-state index in [1.165, 1.54) is 40.6 Å². The summed E-state index contributed by atoms with van der Waals surface area (Å²) < 4.78 is 95.0. The van der Waals surface area contributed by atoms with Crippen LogP contribution in [-0.4, -0.2) is 36.1 Å². The van der Waals surface area contributed by atoms with Crippen molar-refractivity contribution in [2.24, 2.45) is 0 Å². The first-order valence-corrected chi connectivity index (χ1v) is 16.6. The molecular weight excluding hydrogens is 670 g/mol. The van der Waals surface area contributed by atoms with Gasteiger partial charge in [0.05, 0.1) is 34.8 Å². The van der Waals surface area contributed by atoms with Crippen LogP contribution in [0.25, 0.3) is 11.1 Å². The lowest BCUT2D eigenvalue weighted by atomic mass is 9.92. The molecule has 2 heterocycles. The van der Waals surface area contributed by atoms with Crippen LogP contribution < -0.4 is 15.6 Å². The van der Waals surface area contributed by atoms with E-state index in [-0.39, 0.29) is 35.9 Å². The molecule has 13 heteroatoms. The molecule has 5 rings (SSSR count). The van der Waals surface area contributed by atoms with Gasteiger partial charge < -0.3 is 14.8 Å². The average Bonchev–Trinajstić information content (AvgIpc) is 3.48. The van der Waals surface area contributed by atoms with Crippen LogP contribution in [-0.2, 0) is 22.1 Å². The molecule has 1 aliphatic heterocycles. The number of hydrogen-bond acceptors (Lipinski definition) is 6. The fourth-order valence-corrected chi connectivity index (χ4v) is 7.62. The van der Waals surface area contributed by atoms with Crippen LogP contribution in [0.5, 0.6) is 5.75 Å². The summed E-state index contributed by atoms with van der Waals surface area (Å²) in [5.41, 5.74) is -0.453. The van der Waals surface area contributed by atoms with Crippen LogP contribution in [0.2, 0.25) is 0 Å². The molecule has 0 aliphatic carbocycles. The van der Waals surface area contributed by atoms with Crippen molar-refractivity contribution >= 4 is 17.7 Å². The Morgan fingerprint density at radius 2 is 1.78 bits per heavy atom. The Bertz CT molecular complexity index is 1850. The van der Waals surface area contributed by atoms with Gasteiger partial charge in [0.25, 0.3) is 5.56 Å². The van der Waals surface area contributed by atoms with Gasteiger partial charge in [-0.05, 0) is 73.3 Å². The second-order valence-electron chi connectivity index (χ2n) is 11.4. The first-order valence-electron chi connectivity index (χ1n) is 15.6. The number of nitrogens with one attached hydrogen (secondary N) is 1. The van der Waals surface area contributed by atoms with Crippen molar-refractivity contribution < 1.29 is 40.6 Å². The highest BCUT2D eigenvalue weighted by molar-refractivity contribution is 7.99. The number of carbonyl (C=O) groups is 1. The lowest BCUT2D eigenvalue weighted by Crippen LogP contribution is -2.36. The van der Waals surface area contributed by atoms with Gasteiger partial charge in [0.1, 0.15) is 11.6 Å². The molecular formula is C36H34F6N2O4S. The van der Waals surface area contributed by atoms with Crippen molar-refractivity contribution in [3.63, 3.8) is 0 Å². The second kappa shape index (κ2) is 15.5. The average molecular weight is 705 g/mol. The van der Waals surface area contributed by atoms with Crippen LogP contribution in [0.15, 0.2) is 82.6 Å². The minimum absolute atomic E-state index is 0.0741. The summed E-state index contributed by atoms with van der Waals surface area (Å²) in [6.07, 6.45) is -4.71. The van der Waals surface area contributed by atoms with Gasteiger partial charge in [-0.1, -0.05) is 48.5 Å². The summed E-state index contributed by atoms with van der Waals surface area (Å²) in [5, 5.41) is 3.85. The zero-order valence-corrected chi connectivity index (χ0v) is 27.5. The Labute approximate surface area is 283 Å². The number of aromatic nitrogens is 1. The van der Waals surface area contributed by atoms with Crippen LogP contribution in [0.4, 0.5) is 26.3 Å². The molecule has 2 unspecified atom stereocenters. The maximum absolute atomic E-state index is 15.2. The van der Waals surface area contributed by atoms with Gasteiger partial charge in [-0.3, -0.25) is 14.2 Å². The Balaban J connectivity index is 1.67. The van der Waals surface area contributed by atoms with Crippen molar-refractivity contribution in [3.8, 4) is 16.9 Å². The Kier molecular flexibility index (Phi) is 11.4. The molecule has 0 fully saturated rings. The molecule has 0 saturated carbocycles. The highest BCUT2D eigenvalue weighted by atomic mass is 32.2. The molecule has 0 bridgehead atoms. The summed E-state index contributed by atoms with van der Waals surface area (Å²) in [6, 6.07) is 16.5. The maximum Gasteiger partial charge on any atom is 0.416 e. The molecule has 0 spiro atoms. The highest BCUT2D eigenvalue weighted by Crippen LogP contribution is 2.45. The van der Waals surface area contributed by atoms with Gasteiger partial charge in [0.2, 0.25) is 0 Å². The normalized spacial score (nSPS) is 14.9. The minimum Gasteiger partial charge on any atom is -0.466 e. The quantitative estimate of drug-likeness (QED) is 0.0856. The van der Waals surface area contributed by atoms with E-state index in [1.807, 2.05) is 30.3 Å². The van der Waals surface area contributed by atoms with Gasteiger partial charge in [0, 0.05) is 24.2 Å². The number of hydrogen-bond donors (Lipinski definition) is 1. The molecule has 0 radical (unpaired) electrons. The third-order valence-electron chi connectivity index (χ3n) is 8.36. The number of alkyl halides is 5. The molecule has 260 valence electrons. The van der Waals surface area contributed by atoms with Gasteiger partial charge in [-0.15, -0.1) is 11.8 Å². The molecule has 0 amide bonds. The highest BCUT2D eigenvalue weighted by Gasteiger charge is 2.38. The molecule has 6 nitrogen and oxygen atoms in total. The van der Waals surface area contributed by atoms with E-state index < -0.39 is 53.8 Å². The third kappa shape index (κ3) is 8.16. The summed E-state index contributed by atoms with van der Waals surface area (Å²) in [4.78, 5) is 26.5. The minimum atomic E-state index is -4.84. The van der Waals surface area contributed by atoms with Crippen molar-refractivity contribution in [2.75, 3.05) is 18.9 Å². The molecule has 4 aromatic rings. The lowest BCUT2D eigenvalue weighted by Gasteiger charge is -2.28. The van der Waals surface area contributed by atoms with E-state index in [2.05, 4.69) is 10.1 Å². The zero-order valence-electron chi connectivity index (χ0n) is 26.7. The summed E-state index contributed by atoms with van der Waals surface area (Å²) in [6.45, 7) is 0.801. The van der Waals surface area contributed by atoms with Crippen molar-refractivity contribution in [2.45, 2.75) is 63.0 Å². The van der Waals surface area contributed by atoms with E-state index in [9.17, 15) is 31.5 Å².